The maximum absolute atomic E-state index is 12.8. The fraction of sp³-hybridized carbons (Fsp3) is 0.100. The highest BCUT2D eigenvalue weighted by Crippen LogP contribution is 2.16. The van der Waals surface area contributed by atoms with Gasteiger partial charge in [0.05, 0.1) is 4.90 Å². The molecule has 0 unspecified atom stereocenters. The summed E-state index contributed by atoms with van der Waals surface area (Å²) in [6.07, 6.45) is 5.02. The molecular weight excluding hydrogens is 364 g/mol. The third kappa shape index (κ3) is 3.68. The van der Waals surface area contributed by atoms with E-state index in [1.807, 2.05) is 37.3 Å². The first kappa shape index (κ1) is 18.6. The number of aryl methyl sites for hydroxylation is 2. The third-order valence-electron chi connectivity index (χ3n) is 4.24. The van der Waals surface area contributed by atoms with Crippen LogP contribution in [0.15, 0.2) is 76.7 Å². The van der Waals surface area contributed by atoms with Crippen LogP contribution >= 0.6 is 0 Å². The SMILES string of the molecule is Cc1ccc(S(=O)(=O)n2ccn(C(=O)/C=C/c3ccccc3)c2=O)cc1C. The maximum atomic E-state index is 12.8. The van der Waals surface area contributed by atoms with E-state index in [2.05, 4.69) is 0 Å². The number of carbonyl (C=O) groups is 1. The molecule has 0 radical (unpaired) electrons. The topological polar surface area (TPSA) is 78.1 Å². The van der Waals surface area contributed by atoms with E-state index >= 15 is 0 Å². The van der Waals surface area contributed by atoms with E-state index in [9.17, 15) is 18.0 Å². The minimum Gasteiger partial charge on any atom is -0.269 e. The highest BCUT2D eigenvalue weighted by Gasteiger charge is 2.22. The van der Waals surface area contributed by atoms with Crippen molar-refractivity contribution < 1.29 is 13.2 Å². The second kappa shape index (κ2) is 7.20. The first-order valence-electron chi connectivity index (χ1n) is 8.21. The molecule has 1 heterocycles. The summed E-state index contributed by atoms with van der Waals surface area (Å²) in [6.45, 7) is 3.66. The average molecular weight is 382 g/mol. The van der Waals surface area contributed by atoms with Gasteiger partial charge in [-0.15, -0.1) is 0 Å². The predicted molar refractivity (Wildman–Crippen MR) is 103 cm³/mol. The van der Waals surface area contributed by atoms with Crippen molar-refractivity contribution in [3.63, 3.8) is 0 Å². The van der Waals surface area contributed by atoms with Gasteiger partial charge in [-0.1, -0.05) is 36.4 Å². The monoisotopic (exact) mass is 382 g/mol. The van der Waals surface area contributed by atoms with Crippen LogP contribution in [0.4, 0.5) is 0 Å². The second-order valence-corrected chi connectivity index (χ2v) is 7.89. The van der Waals surface area contributed by atoms with E-state index in [0.29, 0.717) is 3.97 Å². The number of imidazole rings is 1. The highest BCUT2D eigenvalue weighted by molar-refractivity contribution is 7.90. The van der Waals surface area contributed by atoms with E-state index in [4.69, 9.17) is 0 Å². The Balaban J connectivity index is 1.95. The number of aromatic nitrogens is 2. The lowest BCUT2D eigenvalue weighted by Crippen LogP contribution is -2.31. The molecule has 0 aliphatic rings. The normalized spacial score (nSPS) is 11.8. The van der Waals surface area contributed by atoms with Gasteiger partial charge in [-0.2, -0.15) is 3.97 Å². The van der Waals surface area contributed by atoms with Crippen molar-refractivity contribution in [1.29, 1.82) is 0 Å². The standard InChI is InChI=1S/C20H18N2O4S/c1-15-8-10-18(14-16(15)2)27(25,26)22-13-12-21(20(22)24)19(23)11-9-17-6-4-3-5-7-17/h3-14H,1-2H3/b11-9+. The molecular formula is C20H18N2O4S. The van der Waals surface area contributed by atoms with Crippen molar-refractivity contribution in [3.05, 3.63) is 94.2 Å². The summed E-state index contributed by atoms with van der Waals surface area (Å²) in [5.74, 6) is -0.627. The van der Waals surface area contributed by atoms with Gasteiger partial charge in [0, 0.05) is 18.5 Å². The molecule has 2 aromatic carbocycles. The quantitative estimate of drug-likeness (QED) is 0.650. The zero-order valence-electron chi connectivity index (χ0n) is 14.9. The summed E-state index contributed by atoms with van der Waals surface area (Å²) in [5.41, 5.74) is 1.60. The van der Waals surface area contributed by atoms with Crippen molar-refractivity contribution in [2.45, 2.75) is 18.7 Å². The van der Waals surface area contributed by atoms with Crippen molar-refractivity contribution in [3.8, 4) is 0 Å². The molecule has 27 heavy (non-hydrogen) atoms. The average Bonchev–Trinajstić information content (AvgIpc) is 3.05. The lowest BCUT2D eigenvalue weighted by Gasteiger charge is -2.07. The Hall–Kier alpha value is -3.19. The van der Waals surface area contributed by atoms with Gasteiger partial charge in [-0.25, -0.2) is 17.8 Å². The number of hydrogen-bond acceptors (Lipinski definition) is 4. The Labute approximate surface area is 157 Å². The summed E-state index contributed by atoms with van der Waals surface area (Å²) < 4.78 is 26.8. The maximum Gasteiger partial charge on any atom is 0.349 e. The second-order valence-electron chi connectivity index (χ2n) is 6.08. The van der Waals surface area contributed by atoms with Crippen LogP contribution in [0.5, 0.6) is 0 Å². The molecule has 6 nitrogen and oxygen atoms in total. The molecule has 0 aliphatic carbocycles. The first-order valence-corrected chi connectivity index (χ1v) is 9.65. The molecule has 0 spiro atoms. The molecule has 1 aromatic heterocycles. The number of benzene rings is 2. The minimum absolute atomic E-state index is 0.00210. The van der Waals surface area contributed by atoms with Crippen LogP contribution in [0.25, 0.3) is 6.08 Å². The number of allylic oxidation sites excluding steroid dienone is 1. The summed E-state index contributed by atoms with van der Waals surface area (Å²) in [4.78, 5) is 24.8. The summed E-state index contributed by atoms with van der Waals surface area (Å²) in [7, 11) is -4.08. The Kier molecular flexibility index (Phi) is 4.96. The van der Waals surface area contributed by atoms with Crippen LogP contribution < -0.4 is 5.69 Å². The lowest BCUT2D eigenvalue weighted by atomic mass is 10.1. The molecule has 0 fully saturated rings. The molecule has 0 saturated heterocycles. The fourth-order valence-corrected chi connectivity index (χ4v) is 3.81. The zero-order chi connectivity index (χ0) is 19.6. The number of carbonyl (C=O) groups excluding carboxylic acids is 1. The first-order chi connectivity index (χ1) is 12.8. The van der Waals surface area contributed by atoms with E-state index in [0.717, 1.165) is 33.7 Å². The molecule has 0 aliphatic heterocycles. The Bertz CT molecular complexity index is 1190. The largest absolute Gasteiger partial charge is 0.349 e. The van der Waals surface area contributed by atoms with E-state index in [-0.39, 0.29) is 4.90 Å². The van der Waals surface area contributed by atoms with E-state index in [1.165, 1.54) is 18.2 Å². The van der Waals surface area contributed by atoms with Gasteiger partial charge in [0.2, 0.25) is 0 Å². The van der Waals surface area contributed by atoms with Crippen molar-refractivity contribution >= 4 is 22.0 Å². The van der Waals surface area contributed by atoms with Crippen LogP contribution in [-0.2, 0) is 10.0 Å². The predicted octanol–water partition coefficient (Wildman–Crippen LogP) is 2.86. The third-order valence-corrected chi connectivity index (χ3v) is 5.88. The van der Waals surface area contributed by atoms with Crippen molar-refractivity contribution in [2.75, 3.05) is 0 Å². The molecule has 0 amide bonds. The summed E-state index contributed by atoms with van der Waals surface area (Å²) in [6, 6.07) is 13.7. The molecule has 7 heteroatoms. The molecule has 3 rings (SSSR count). The van der Waals surface area contributed by atoms with Gasteiger partial charge in [-0.05, 0) is 48.7 Å². The van der Waals surface area contributed by atoms with Crippen LogP contribution in [-0.4, -0.2) is 22.9 Å². The molecule has 138 valence electrons. The number of rotatable bonds is 4. The molecule has 0 saturated carbocycles. The number of nitrogens with zero attached hydrogens (tertiary/aromatic N) is 2. The van der Waals surface area contributed by atoms with Crippen molar-refractivity contribution in [1.82, 2.24) is 8.54 Å². The van der Waals surface area contributed by atoms with Gasteiger partial charge < -0.3 is 0 Å². The fourth-order valence-electron chi connectivity index (χ4n) is 2.51. The van der Waals surface area contributed by atoms with Crippen molar-refractivity contribution in [2.24, 2.45) is 0 Å². The molecule has 0 bridgehead atoms. The van der Waals surface area contributed by atoms with Crippen LogP contribution in [0.3, 0.4) is 0 Å². The zero-order valence-corrected chi connectivity index (χ0v) is 15.7. The van der Waals surface area contributed by atoms with Gasteiger partial charge in [-0.3, -0.25) is 4.79 Å². The Morgan fingerprint density at radius 2 is 1.67 bits per heavy atom. The summed E-state index contributed by atoms with van der Waals surface area (Å²) in [5, 5.41) is 0. The molecule has 0 N–H and O–H groups in total. The number of hydrogen-bond donors (Lipinski definition) is 0. The van der Waals surface area contributed by atoms with Crippen LogP contribution in [0.2, 0.25) is 0 Å². The van der Waals surface area contributed by atoms with Gasteiger partial charge in [0.15, 0.2) is 0 Å². The van der Waals surface area contributed by atoms with Gasteiger partial charge >= 0.3 is 5.69 Å². The Morgan fingerprint density at radius 3 is 2.33 bits per heavy atom. The minimum atomic E-state index is -4.08. The van der Waals surface area contributed by atoms with E-state index < -0.39 is 21.6 Å². The highest BCUT2D eigenvalue weighted by atomic mass is 32.2. The van der Waals surface area contributed by atoms with Gasteiger partial charge in [0.25, 0.3) is 15.9 Å². The van der Waals surface area contributed by atoms with Gasteiger partial charge in [0.1, 0.15) is 0 Å². The summed E-state index contributed by atoms with van der Waals surface area (Å²) >= 11 is 0. The van der Waals surface area contributed by atoms with Crippen LogP contribution in [0, 0.1) is 13.8 Å². The molecule has 0 atom stereocenters. The van der Waals surface area contributed by atoms with Crippen LogP contribution in [0.1, 0.15) is 21.5 Å². The molecule has 3 aromatic rings. The smallest absolute Gasteiger partial charge is 0.269 e. The lowest BCUT2D eigenvalue weighted by molar-refractivity contribution is 0.0966. The van der Waals surface area contributed by atoms with E-state index in [1.54, 1.807) is 19.1 Å². The Morgan fingerprint density at radius 1 is 0.963 bits per heavy atom.